The Bertz CT molecular complexity index is 467. The van der Waals surface area contributed by atoms with Gasteiger partial charge in [0.2, 0.25) is 0 Å². The van der Waals surface area contributed by atoms with Crippen molar-refractivity contribution in [3.63, 3.8) is 0 Å². The van der Waals surface area contributed by atoms with Crippen LogP contribution in [0, 0.1) is 0 Å². The average molecular weight is 347 g/mol. The fraction of sp³-hybridized carbons (Fsp3) is 0.500. The quantitative estimate of drug-likeness (QED) is 0.907. The first-order valence-electron chi connectivity index (χ1n) is 6.50. The molecular weight excluding hydrogens is 330 g/mol. The van der Waals surface area contributed by atoms with E-state index < -0.39 is 0 Å². The summed E-state index contributed by atoms with van der Waals surface area (Å²) in [6, 6.07) is 5.57. The Labute approximate surface area is 126 Å². The summed E-state index contributed by atoms with van der Waals surface area (Å²) in [6.07, 6.45) is 3.63. The highest BCUT2D eigenvalue weighted by Crippen LogP contribution is 2.27. The highest BCUT2D eigenvalue weighted by Gasteiger charge is 2.29. The molecule has 1 N–H and O–H groups in total. The van der Waals surface area contributed by atoms with Crippen LogP contribution in [-0.2, 0) is 0 Å². The van der Waals surface area contributed by atoms with E-state index >= 15 is 0 Å². The molecular formula is C14H17BrClNO2. The SMILES string of the molecule is O=C(c1ccc(Br)cc1Cl)N1CCCC1CCCO. The van der Waals surface area contributed by atoms with Crippen LogP contribution < -0.4 is 0 Å². The van der Waals surface area contributed by atoms with Crippen molar-refractivity contribution >= 4 is 33.4 Å². The molecule has 0 bridgehead atoms. The van der Waals surface area contributed by atoms with Gasteiger partial charge in [-0.1, -0.05) is 27.5 Å². The maximum absolute atomic E-state index is 12.5. The molecule has 3 nitrogen and oxygen atoms in total. The highest BCUT2D eigenvalue weighted by atomic mass is 79.9. The van der Waals surface area contributed by atoms with Gasteiger partial charge in [0.15, 0.2) is 0 Å². The number of amides is 1. The van der Waals surface area contributed by atoms with Gasteiger partial charge in [-0.05, 0) is 43.9 Å². The van der Waals surface area contributed by atoms with Gasteiger partial charge in [-0.25, -0.2) is 0 Å². The van der Waals surface area contributed by atoms with Crippen LogP contribution in [0.15, 0.2) is 22.7 Å². The largest absolute Gasteiger partial charge is 0.396 e. The Morgan fingerprint density at radius 2 is 2.32 bits per heavy atom. The second-order valence-corrected chi connectivity index (χ2v) is 6.11. The molecule has 104 valence electrons. The predicted molar refractivity (Wildman–Crippen MR) is 79.5 cm³/mol. The third-order valence-corrected chi connectivity index (χ3v) is 4.30. The third kappa shape index (κ3) is 3.50. The van der Waals surface area contributed by atoms with Crippen LogP contribution in [0.4, 0.5) is 0 Å². The molecule has 1 heterocycles. The molecule has 1 saturated heterocycles. The molecule has 1 aromatic rings. The highest BCUT2D eigenvalue weighted by molar-refractivity contribution is 9.10. The number of hydrogen-bond donors (Lipinski definition) is 1. The van der Waals surface area contributed by atoms with Crippen LogP contribution in [0.1, 0.15) is 36.0 Å². The Morgan fingerprint density at radius 1 is 1.53 bits per heavy atom. The van der Waals surface area contributed by atoms with E-state index in [1.54, 1.807) is 12.1 Å². The maximum atomic E-state index is 12.5. The lowest BCUT2D eigenvalue weighted by atomic mass is 10.1. The van der Waals surface area contributed by atoms with Gasteiger partial charge >= 0.3 is 0 Å². The van der Waals surface area contributed by atoms with Gasteiger partial charge in [0, 0.05) is 23.7 Å². The van der Waals surface area contributed by atoms with Crippen molar-refractivity contribution in [2.24, 2.45) is 0 Å². The fourth-order valence-electron chi connectivity index (χ4n) is 2.55. The van der Waals surface area contributed by atoms with Crippen molar-refractivity contribution in [2.75, 3.05) is 13.2 Å². The standard InChI is InChI=1S/C14H17BrClNO2/c15-10-5-6-12(13(16)9-10)14(19)17-7-1-3-11(17)4-2-8-18/h5-6,9,11,18H,1-4,7-8H2. The van der Waals surface area contributed by atoms with E-state index in [-0.39, 0.29) is 18.6 Å². The van der Waals surface area contributed by atoms with Crippen molar-refractivity contribution in [3.8, 4) is 0 Å². The molecule has 1 amide bonds. The van der Waals surface area contributed by atoms with Crippen LogP contribution in [0.3, 0.4) is 0 Å². The average Bonchev–Trinajstić information content (AvgIpc) is 2.83. The summed E-state index contributed by atoms with van der Waals surface area (Å²) in [5.41, 5.74) is 0.556. The van der Waals surface area contributed by atoms with E-state index in [9.17, 15) is 4.79 Å². The first-order chi connectivity index (χ1) is 9.13. The number of carbonyl (C=O) groups is 1. The Kier molecular flexibility index (Phi) is 5.25. The van der Waals surface area contributed by atoms with E-state index in [2.05, 4.69) is 15.9 Å². The molecule has 1 unspecified atom stereocenters. The minimum Gasteiger partial charge on any atom is -0.396 e. The number of aliphatic hydroxyl groups is 1. The molecule has 0 aliphatic carbocycles. The summed E-state index contributed by atoms with van der Waals surface area (Å²) >= 11 is 9.48. The van der Waals surface area contributed by atoms with Gasteiger partial charge in [-0.15, -0.1) is 0 Å². The summed E-state index contributed by atoms with van der Waals surface area (Å²) < 4.78 is 0.868. The molecule has 1 aromatic carbocycles. The van der Waals surface area contributed by atoms with E-state index in [1.165, 1.54) is 0 Å². The van der Waals surface area contributed by atoms with Gasteiger partial charge in [0.1, 0.15) is 0 Å². The second-order valence-electron chi connectivity index (χ2n) is 4.78. The molecule has 2 rings (SSSR count). The fourth-order valence-corrected chi connectivity index (χ4v) is 3.30. The van der Waals surface area contributed by atoms with Gasteiger partial charge in [0.05, 0.1) is 10.6 Å². The van der Waals surface area contributed by atoms with Gasteiger partial charge in [-0.2, -0.15) is 0 Å². The maximum Gasteiger partial charge on any atom is 0.255 e. The minimum absolute atomic E-state index is 0.00191. The van der Waals surface area contributed by atoms with E-state index in [0.29, 0.717) is 10.6 Å². The van der Waals surface area contributed by atoms with Crippen molar-refractivity contribution in [2.45, 2.75) is 31.7 Å². The third-order valence-electron chi connectivity index (χ3n) is 3.50. The monoisotopic (exact) mass is 345 g/mol. The molecule has 0 aromatic heterocycles. The van der Waals surface area contributed by atoms with Gasteiger partial charge in [-0.3, -0.25) is 4.79 Å². The van der Waals surface area contributed by atoms with Crippen LogP contribution in [0.2, 0.25) is 5.02 Å². The summed E-state index contributed by atoms with van der Waals surface area (Å²) in [5, 5.41) is 9.39. The number of likely N-dealkylation sites (tertiary alicyclic amines) is 1. The Balaban J connectivity index is 2.13. The van der Waals surface area contributed by atoms with Crippen LogP contribution in [-0.4, -0.2) is 35.1 Å². The zero-order valence-electron chi connectivity index (χ0n) is 10.6. The van der Waals surface area contributed by atoms with Crippen molar-refractivity contribution in [1.29, 1.82) is 0 Å². The van der Waals surface area contributed by atoms with Crippen molar-refractivity contribution < 1.29 is 9.90 Å². The zero-order chi connectivity index (χ0) is 13.8. The van der Waals surface area contributed by atoms with E-state index in [4.69, 9.17) is 16.7 Å². The molecule has 1 atom stereocenters. The van der Waals surface area contributed by atoms with Crippen LogP contribution in [0.25, 0.3) is 0 Å². The Hall–Kier alpha value is -0.580. The first kappa shape index (κ1) is 14.8. The summed E-state index contributed by atoms with van der Waals surface area (Å²) in [5.74, 6) is -0.00191. The molecule has 0 spiro atoms. The summed E-state index contributed by atoms with van der Waals surface area (Å²) in [4.78, 5) is 14.4. The molecule has 5 heteroatoms. The number of carbonyl (C=O) groups excluding carboxylic acids is 1. The van der Waals surface area contributed by atoms with Crippen molar-refractivity contribution in [1.82, 2.24) is 4.90 Å². The number of rotatable bonds is 4. The topological polar surface area (TPSA) is 40.5 Å². The molecule has 0 radical (unpaired) electrons. The first-order valence-corrected chi connectivity index (χ1v) is 7.67. The second kappa shape index (κ2) is 6.73. The summed E-state index contributed by atoms with van der Waals surface area (Å²) in [6.45, 7) is 0.957. The normalized spacial score (nSPS) is 18.9. The van der Waals surface area contributed by atoms with Crippen LogP contribution >= 0.6 is 27.5 Å². The number of nitrogens with zero attached hydrogens (tertiary/aromatic N) is 1. The molecule has 19 heavy (non-hydrogen) atoms. The van der Waals surface area contributed by atoms with Crippen molar-refractivity contribution in [3.05, 3.63) is 33.3 Å². The molecule has 1 aliphatic heterocycles. The minimum atomic E-state index is -0.00191. The Morgan fingerprint density at radius 3 is 3.00 bits per heavy atom. The van der Waals surface area contributed by atoms with Gasteiger partial charge < -0.3 is 10.0 Å². The predicted octanol–water partition coefficient (Wildman–Crippen LogP) is 3.48. The lowest BCUT2D eigenvalue weighted by Gasteiger charge is -2.25. The molecule has 1 fully saturated rings. The van der Waals surface area contributed by atoms with Crippen LogP contribution in [0.5, 0.6) is 0 Å². The summed E-state index contributed by atoms with van der Waals surface area (Å²) in [7, 11) is 0. The number of benzene rings is 1. The number of aliphatic hydroxyl groups excluding tert-OH is 1. The number of hydrogen-bond acceptors (Lipinski definition) is 2. The molecule has 0 saturated carbocycles. The van der Waals surface area contributed by atoms with Gasteiger partial charge in [0.25, 0.3) is 5.91 Å². The number of halogens is 2. The lowest BCUT2D eigenvalue weighted by molar-refractivity contribution is 0.0724. The zero-order valence-corrected chi connectivity index (χ0v) is 13.0. The lowest BCUT2D eigenvalue weighted by Crippen LogP contribution is -2.35. The van der Waals surface area contributed by atoms with E-state index in [0.717, 1.165) is 36.7 Å². The molecule has 1 aliphatic rings. The van der Waals surface area contributed by atoms with E-state index in [1.807, 2.05) is 11.0 Å². The smallest absolute Gasteiger partial charge is 0.255 e.